The number of aryl methyl sites for hydroxylation is 1. The summed E-state index contributed by atoms with van der Waals surface area (Å²) in [6.07, 6.45) is 8.51. The second-order valence-electron chi connectivity index (χ2n) is 8.78. The van der Waals surface area contributed by atoms with Gasteiger partial charge in [0.15, 0.2) is 17.0 Å². The van der Waals surface area contributed by atoms with E-state index in [9.17, 15) is 23.2 Å². The molecule has 188 valence electrons. The second kappa shape index (κ2) is 7.84. The van der Waals surface area contributed by atoms with Crippen molar-refractivity contribution in [3.63, 3.8) is 0 Å². The molecule has 0 spiro atoms. The fourth-order valence-corrected chi connectivity index (χ4v) is 4.27. The monoisotopic (exact) mass is 508 g/mol. The van der Waals surface area contributed by atoms with Gasteiger partial charge in [-0.1, -0.05) is 0 Å². The minimum absolute atomic E-state index is 0.0801. The molecule has 1 amide bonds. The molecule has 1 aliphatic heterocycles. The van der Waals surface area contributed by atoms with Crippen LogP contribution in [0, 0.1) is 5.92 Å². The minimum atomic E-state index is -2.71. The first kappa shape index (κ1) is 22.6. The Kier molecular flexibility index (Phi) is 4.80. The Hall–Kier alpha value is -4.82. The molecule has 15 heteroatoms. The van der Waals surface area contributed by atoms with Crippen molar-refractivity contribution in [3.05, 3.63) is 63.7 Å². The summed E-state index contributed by atoms with van der Waals surface area (Å²) in [6.45, 7) is 1.70. The standard InChI is InChI=1S/C22H18F2N10O3/c1-10(34-9-28-17-16(34)19(36)31-21(37)32(17)2)18(35)30-15-6-25-5-14(29-15)11-3-26-20(27-4-11)33-7-12-13(8-33)22(12,23)24/h3-7,9-10,13H,8H2,1-2H3,(H,29,30,35)(H,31,36,37)/t10-,13?/m0/s1. The highest BCUT2D eigenvalue weighted by Crippen LogP contribution is 2.58. The minimum Gasteiger partial charge on any atom is -0.316 e. The first-order chi connectivity index (χ1) is 17.6. The normalized spacial score (nSPS) is 18.4. The number of amides is 1. The zero-order chi connectivity index (χ0) is 26.1. The molecule has 5 heterocycles. The topological polar surface area (TPSA) is 157 Å². The lowest BCUT2D eigenvalue weighted by molar-refractivity contribution is -0.118. The number of rotatable bonds is 5. The van der Waals surface area contributed by atoms with Gasteiger partial charge in [0.2, 0.25) is 11.9 Å². The SMILES string of the molecule is C[C@@H](C(=O)Nc1cncc(-c2cnc(N3C=C4C(C3)C4(F)F)nc2)n1)n1cnc2c1c(=O)[nH]c(=O)n2C. The molecule has 6 rings (SSSR count). The van der Waals surface area contributed by atoms with E-state index in [1.807, 2.05) is 0 Å². The van der Waals surface area contributed by atoms with Crippen LogP contribution in [0.15, 0.2) is 52.5 Å². The largest absolute Gasteiger partial charge is 0.329 e. The molecular weight excluding hydrogens is 490 g/mol. The van der Waals surface area contributed by atoms with Crippen molar-refractivity contribution in [2.75, 3.05) is 16.8 Å². The number of hydrogen-bond donors (Lipinski definition) is 2. The molecule has 2 atom stereocenters. The van der Waals surface area contributed by atoms with Crippen LogP contribution < -0.4 is 21.5 Å². The summed E-state index contributed by atoms with van der Waals surface area (Å²) in [7, 11) is 1.46. The van der Waals surface area contributed by atoms with Crippen molar-refractivity contribution in [2.24, 2.45) is 13.0 Å². The lowest BCUT2D eigenvalue weighted by atomic mass is 10.2. The van der Waals surface area contributed by atoms with Crippen molar-refractivity contribution in [1.29, 1.82) is 0 Å². The molecule has 13 nitrogen and oxygen atoms in total. The van der Waals surface area contributed by atoms with Gasteiger partial charge >= 0.3 is 5.69 Å². The Balaban J connectivity index is 1.19. The Morgan fingerprint density at radius 1 is 1.19 bits per heavy atom. The number of alkyl halides is 2. The highest BCUT2D eigenvalue weighted by atomic mass is 19.3. The van der Waals surface area contributed by atoms with E-state index in [1.165, 1.54) is 53.5 Å². The number of carbonyl (C=O) groups excluding carboxylic acids is 1. The molecule has 1 saturated carbocycles. The maximum absolute atomic E-state index is 13.4. The third-order valence-corrected chi connectivity index (χ3v) is 6.49. The van der Waals surface area contributed by atoms with Crippen LogP contribution in [-0.2, 0) is 11.8 Å². The van der Waals surface area contributed by atoms with Crippen LogP contribution in [-0.4, -0.2) is 57.4 Å². The van der Waals surface area contributed by atoms with Crippen LogP contribution in [0.2, 0.25) is 0 Å². The number of H-pyrrole nitrogens is 1. The number of fused-ring (bicyclic) bond motifs is 2. The third kappa shape index (κ3) is 3.57. The van der Waals surface area contributed by atoms with Crippen LogP contribution in [0.1, 0.15) is 13.0 Å². The summed E-state index contributed by atoms with van der Waals surface area (Å²) >= 11 is 0. The molecule has 0 saturated heterocycles. The first-order valence-corrected chi connectivity index (χ1v) is 11.1. The molecule has 1 aliphatic carbocycles. The predicted octanol–water partition coefficient (Wildman–Crippen LogP) is 0.839. The van der Waals surface area contributed by atoms with Gasteiger partial charge in [0.05, 0.1) is 30.3 Å². The van der Waals surface area contributed by atoms with E-state index in [2.05, 4.69) is 35.2 Å². The Bertz CT molecular complexity index is 1720. The van der Waals surface area contributed by atoms with Crippen LogP contribution in [0.3, 0.4) is 0 Å². The predicted molar refractivity (Wildman–Crippen MR) is 126 cm³/mol. The van der Waals surface area contributed by atoms with Gasteiger partial charge in [-0.15, -0.1) is 0 Å². The molecule has 0 aromatic carbocycles. The fourth-order valence-electron chi connectivity index (χ4n) is 4.27. The first-order valence-electron chi connectivity index (χ1n) is 11.1. The molecule has 1 fully saturated rings. The quantitative estimate of drug-likeness (QED) is 0.399. The Morgan fingerprint density at radius 2 is 1.95 bits per heavy atom. The van der Waals surface area contributed by atoms with Crippen molar-refractivity contribution in [1.82, 2.24) is 39.0 Å². The average molecular weight is 508 g/mol. The van der Waals surface area contributed by atoms with Crippen molar-refractivity contribution in [3.8, 4) is 11.3 Å². The number of nitrogens with one attached hydrogen (secondary N) is 2. The van der Waals surface area contributed by atoms with Crippen LogP contribution in [0.25, 0.3) is 22.4 Å². The van der Waals surface area contributed by atoms with E-state index in [1.54, 1.807) is 11.8 Å². The fraction of sp³-hybridized carbons (Fsp3) is 0.273. The summed E-state index contributed by atoms with van der Waals surface area (Å²) in [6, 6.07) is -0.871. The van der Waals surface area contributed by atoms with Crippen molar-refractivity contribution in [2.45, 2.75) is 18.9 Å². The van der Waals surface area contributed by atoms with Crippen molar-refractivity contribution >= 4 is 28.8 Å². The smallest absolute Gasteiger partial charge is 0.316 e. The Labute approximate surface area is 205 Å². The molecular formula is C22H18F2N10O3. The van der Waals surface area contributed by atoms with Gasteiger partial charge in [-0.3, -0.25) is 24.1 Å². The van der Waals surface area contributed by atoms with Crippen LogP contribution in [0.4, 0.5) is 20.5 Å². The number of carbonyl (C=O) groups is 1. The second-order valence-corrected chi connectivity index (χ2v) is 8.78. The highest BCUT2D eigenvalue weighted by Gasteiger charge is 2.66. The maximum atomic E-state index is 13.4. The number of anilines is 2. The van der Waals surface area contributed by atoms with Gasteiger partial charge in [0.25, 0.3) is 11.5 Å². The van der Waals surface area contributed by atoms with Gasteiger partial charge in [-0.2, -0.15) is 0 Å². The number of halogens is 2. The molecule has 2 N–H and O–H groups in total. The third-order valence-electron chi connectivity index (χ3n) is 6.49. The molecule has 0 bridgehead atoms. The number of aromatic nitrogens is 8. The van der Waals surface area contributed by atoms with Crippen LogP contribution in [0.5, 0.6) is 0 Å². The summed E-state index contributed by atoms with van der Waals surface area (Å²) in [5.41, 5.74) is -0.0514. The Morgan fingerprint density at radius 3 is 2.65 bits per heavy atom. The van der Waals surface area contributed by atoms with E-state index < -0.39 is 35.0 Å². The zero-order valence-corrected chi connectivity index (χ0v) is 19.4. The van der Waals surface area contributed by atoms with E-state index in [4.69, 9.17) is 0 Å². The summed E-state index contributed by atoms with van der Waals surface area (Å²) in [4.78, 5) is 61.9. The molecule has 0 radical (unpaired) electrons. The zero-order valence-electron chi connectivity index (χ0n) is 19.4. The van der Waals surface area contributed by atoms with Crippen LogP contribution >= 0.6 is 0 Å². The van der Waals surface area contributed by atoms with E-state index in [0.29, 0.717) is 17.2 Å². The molecule has 4 aromatic heterocycles. The molecule has 37 heavy (non-hydrogen) atoms. The lowest BCUT2D eigenvalue weighted by Gasteiger charge is -2.16. The number of hydrogen-bond acceptors (Lipinski definition) is 9. The van der Waals surface area contributed by atoms with Gasteiger partial charge in [0, 0.05) is 43.3 Å². The van der Waals surface area contributed by atoms with Crippen molar-refractivity contribution < 1.29 is 13.6 Å². The number of imidazole rings is 1. The number of aromatic amines is 1. The maximum Gasteiger partial charge on any atom is 0.329 e. The van der Waals surface area contributed by atoms with Gasteiger partial charge < -0.3 is 14.8 Å². The van der Waals surface area contributed by atoms with E-state index >= 15 is 0 Å². The number of nitrogens with zero attached hydrogens (tertiary/aromatic N) is 8. The molecule has 4 aromatic rings. The lowest BCUT2D eigenvalue weighted by Crippen LogP contribution is -2.31. The van der Waals surface area contributed by atoms with E-state index in [0.717, 1.165) is 0 Å². The van der Waals surface area contributed by atoms with Gasteiger partial charge in [-0.25, -0.2) is 33.5 Å². The summed E-state index contributed by atoms with van der Waals surface area (Å²) in [5, 5.41) is 2.65. The average Bonchev–Trinajstić information content (AvgIpc) is 3.32. The van der Waals surface area contributed by atoms with Gasteiger partial charge in [-0.05, 0) is 6.92 Å². The summed E-state index contributed by atoms with van der Waals surface area (Å²) < 4.78 is 29.3. The molecule has 2 aliphatic rings. The summed E-state index contributed by atoms with van der Waals surface area (Å²) in [5.74, 6) is -3.53. The van der Waals surface area contributed by atoms with E-state index in [-0.39, 0.29) is 29.1 Å². The molecule has 1 unspecified atom stereocenters. The van der Waals surface area contributed by atoms with Gasteiger partial charge in [0.1, 0.15) is 6.04 Å². The highest BCUT2D eigenvalue weighted by molar-refractivity contribution is 5.93.